The first-order chi connectivity index (χ1) is 16.1. The number of ketones is 1. The minimum absolute atomic E-state index is 0.230. The second-order valence-electron chi connectivity index (χ2n) is 7.02. The van der Waals surface area contributed by atoms with Crippen molar-refractivity contribution >= 4 is 34.9 Å². The van der Waals surface area contributed by atoms with Gasteiger partial charge in [0.15, 0.2) is 5.78 Å². The Bertz CT molecular complexity index is 1270. The van der Waals surface area contributed by atoms with E-state index in [0.29, 0.717) is 22.9 Å². The highest BCUT2D eigenvalue weighted by Gasteiger charge is 2.11. The van der Waals surface area contributed by atoms with Gasteiger partial charge < -0.3 is 15.4 Å². The Balaban J connectivity index is 1.53. The standard InChI is InChI=1S/C26H21FN4O2/c1-33-22-13-11-21(12-14-22)30-25-18(4-2-16-28-25)6-15-24(32)23-5-3-17-29-26(23)31-20-9-7-19(27)8-10-20/h2-17H,1H3,(H,28,30)(H,29,31)/b15-6+. The number of nitrogens with one attached hydrogen (secondary N) is 2. The number of nitrogens with zero attached hydrogens (tertiary/aromatic N) is 2. The third-order valence-electron chi connectivity index (χ3n) is 4.79. The fourth-order valence-electron chi connectivity index (χ4n) is 3.10. The van der Waals surface area contributed by atoms with Gasteiger partial charge in [-0.3, -0.25) is 4.79 Å². The first-order valence-corrected chi connectivity index (χ1v) is 10.2. The Morgan fingerprint density at radius 2 is 1.45 bits per heavy atom. The van der Waals surface area contributed by atoms with Crippen molar-refractivity contribution in [2.24, 2.45) is 0 Å². The van der Waals surface area contributed by atoms with E-state index in [1.54, 1.807) is 55.9 Å². The summed E-state index contributed by atoms with van der Waals surface area (Å²) in [5.41, 5.74) is 2.62. The van der Waals surface area contributed by atoms with E-state index in [0.717, 1.165) is 17.0 Å². The monoisotopic (exact) mass is 440 g/mol. The molecular formula is C26H21FN4O2. The van der Waals surface area contributed by atoms with Crippen LogP contribution in [-0.4, -0.2) is 22.9 Å². The smallest absolute Gasteiger partial charge is 0.189 e. The second kappa shape index (κ2) is 10.2. The van der Waals surface area contributed by atoms with Crippen molar-refractivity contribution in [1.82, 2.24) is 9.97 Å². The first-order valence-electron chi connectivity index (χ1n) is 10.2. The molecule has 0 radical (unpaired) electrons. The van der Waals surface area contributed by atoms with Gasteiger partial charge in [0, 0.05) is 29.3 Å². The van der Waals surface area contributed by atoms with Crippen LogP contribution in [0.15, 0.2) is 91.3 Å². The van der Waals surface area contributed by atoms with Gasteiger partial charge in [0.05, 0.1) is 12.7 Å². The third kappa shape index (κ3) is 5.59. The highest BCUT2D eigenvalue weighted by molar-refractivity contribution is 6.10. The largest absolute Gasteiger partial charge is 0.497 e. The number of halogens is 1. The zero-order valence-corrected chi connectivity index (χ0v) is 17.8. The van der Waals surface area contributed by atoms with E-state index in [2.05, 4.69) is 20.6 Å². The van der Waals surface area contributed by atoms with Crippen LogP contribution in [0.25, 0.3) is 6.08 Å². The number of hydrogen-bond donors (Lipinski definition) is 2. The lowest BCUT2D eigenvalue weighted by Gasteiger charge is -2.10. The van der Waals surface area contributed by atoms with Gasteiger partial charge in [-0.2, -0.15) is 0 Å². The molecule has 0 fully saturated rings. The third-order valence-corrected chi connectivity index (χ3v) is 4.79. The lowest BCUT2D eigenvalue weighted by atomic mass is 10.1. The number of rotatable bonds is 8. The molecule has 0 aliphatic carbocycles. The van der Waals surface area contributed by atoms with Gasteiger partial charge in [0.25, 0.3) is 0 Å². The number of pyridine rings is 2. The number of allylic oxidation sites excluding steroid dienone is 1. The molecule has 7 heteroatoms. The molecule has 0 spiro atoms. The zero-order valence-electron chi connectivity index (χ0n) is 17.8. The van der Waals surface area contributed by atoms with Gasteiger partial charge in [-0.15, -0.1) is 0 Å². The van der Waals surface area contributed by atoms with Crippen LogP contribution in [0, 0.1) is 5.82 Å². The number of carbonyl (C=O) groups is 1. The molecule has 0 saturated heterocycles. The fourth-order valence-corrected chi connectivity index (χ4v) is 3.10. The molecule has 2 aromatic carbocycles. The maximum atomic E-state index is 13.2. The zero-order chi connectivity index (χ0) is 23.0. The summed E-state index contributed by atoms with van der Waals surface area (Å²) in [5.74, 6) is 1.20. The highest BCUT2D eigenvalue weighted by Crippen LogP contribution is 2.23. The molecule has 0 atom stereocenters. The quantitative estimate of drug-likeness (QED) is 0.258. The minimum atomic E-state index is -0.337. The lowest BCUT2D eigenvalue weighted by molar-refractivity contribution is 0.104. The number of hydrogen-bond acceptors (Lipinski definition) is 6. The highest BCUT2D eigenvalue weighted by atomic mass is 19.1. The Hall–Kier alpha value is -4.52. The van der Waals surface area contributed by atoms with Gasteiger partial charge in [-0.25, -0.2) is 14.4 Å². The summed E-state index contributed by atoms with van der Waals surface area (Å²) in [5, 5.41) is 6.32. The molecular weight excluding hydrogens is 419 g/mol. The van der Waals surface area contributed by atoms with Crippen molar-refractivity contribution in [3.8, 4) is 5.75 Å². The van der Waals surface area contributed by atoms with Crippen LogP contribution in [0.5, 0.6) is 5.75 Å². The molecule has 4 rings (SSSR count). The number of ether oxygens (including phenoxy) is 1. The van der Waals surface area contributed by atoms with E-state index in [1.165, 1.54) is 18.2 Å². The summed E-state index contributed by atoms with van der Waals surface area (Å²) in [6, 6.07) is 20.4. The van der Waals surface area contributed by atoms with E-state index in [9.17, 15) is 9.18 Å². The van der Waals surface area contributed by atoms with Gasteiger partial charge >= 0.3 is 0 Å². The van der Waals surface area contributed by atoms with Crippen molar-refractivity contribution in [3.05, 3.63) is 108 Å². The van der Waals surface area contributed by atoms with E-state index in [-0.39, 0.29) is 11.6 Å². The van der Waals surface area contributed by atoms with E-state index in [4.69, 9.17) is 4.74 Å². The molecule has 6 nitrogen and oxygen atoms in total. The van der Waals surface area contributed by atoms with Crippen molar-refractivity contribution in [2.45, 2.75) is 0 Å². The van der Waals surface area contributed by atoms with Crippen LogP contribution in [0.1, 0.15) is 15.9 Å². The summed E-state index contributed by atoms with van der Waals surface area (Å²) < 4.78 is 18.4. The summed E-state index contributed by atoms with van der Waals surface area (Å²) >= 11 is 0. The summed E-state index contributed by atoms with van der Waals surface area (Å²) in [4.78, 5) is 21.6. The maximum Gasteiger partial charge on any atom is 0.189 e. The number of carbonyl (C=O) groups excluding carboxylic acids is 1. The molecule has 0 unspecified atom stereocenters. The summed E-state index contributed by atoms with van der Waals surface area (Å²) in [7, 11) is 1.62. The van der Waals surface area contributed by atoms with Gasteiger partial charge in [-0.1, -0.05) is 0 Å². The molecule has 0 bridgehead atoms. The van der Waals surface area contributed by atoms with E-state index in [1.807, 2.05) is 30.3 Å². The molecule has 0 saturated carbocycles. The van der Waals surface area contributed by atoms with Crippen molar-refractivity contribution in [2.75, 3.05) is 17.7 Å². The molecule has 0 aliphatic heterocycles. The Labute approximate surface area is 190 Å². The summed E-state index contributed by atoms with van der Waals surface area (Å²) in [6.07, 6.45) is 6.44. The molecule has 0 aliphatic rings. The predicted molar refractivity (Wildman–Crippen MR) is 128 cm³/mol. The number of anilines is 4. The van der Waals surface area contributed by atoms with E-state index < -0.39 is 0 Å². The number of benzene rings is 2. The second-order valence-corrected chi connectivity index (χ2v) is 7.02. The molecule has 4 aromatic rings. The van der Waals surface area contributed by atoms with Crippen molar-refractivity contribution in [1.29, 1.82) is 0 Å². The molecule has 2 aromatic heterocycles. The average molecular weight is 440 g/mol. The van der Waals surface area contributed by atoms with Crippen LogP contribution < -0.4 is 15.4 Å². The van der Waals surface area contributed by atoms with Crippen LogP contribution >= 0.6 is 0 Å². The Kier molecular flexibility index (Phi) is 6.70. The average Bonchev–Trinajstić information content (AvgIpc) is 2.85. The van der Waals surface area contributed by atoms with Gasteiger partial charge in [-0.05, 0) is 84.9 Å². The SMILES string of the molecule is COc1ccc(Nc2ncccc2/C=C/C(=O)c2cccnc2Nc2ccc(F)cc2)cc1. The number of methoxy groups -OCH3 is 1. The summed E-state index contributed by atoms with van der Waals surface area (Å²) in [6.45, 7) is 0. The first kappa shape index (κ1) is 21.7. The van der Waals surface area contributed by atoms with Gasteiger partial charge in [0.1, 0.15) is 23.2 Å². The molecule has 2 N–H and O–H groups in total. The lowest BCUT2D eigenvalue weighted by Crippen LogP contribution is -2.03. The predicted octanol–water partition coefficient (Wildman–Crippen LogP) is 6.01. The van der Waals surface area contributed by atoms with Crippen LogP contribution in [0.2, 0.25) is 0 Å². The van der Waals surface area contributed by atoms with Crippen LogP contribution in [-0.2, 0) is 0 Å². The Morgan fingerprint density at radius 1 is 0.848 bits per heavy atom. The number of aromatic nitrogens is 2. The van der Waals surface area contributed by atoms with Crippen molar-refractivity contribution < 1.29 is 13.9 Å². The molecule has 0 amide bonds. The molecule has 2 heterocycles. The molecule has 164 valence electrons. The maximum absolute atomic E-state index is 13.2. The molecule has 33 heavy (non-hydrogen) atoms. The van der Waals surface area contributed by atoms with Crippen molar-refractivity contribution in [3.63, 3.8) is 0 Å². The Morgan fingerprint density at radius 3 is 2.15 bits per heavy atom. The normalized spacial score (nSPS) is 10.7. The fraction of sp³-hybridized carbons (Fsp3) is 0.0385. The van der Waals surface area contributed by atoms with Crippen LogP contribution in [0.4, 0.5) is 27.4 Å². The minimum Gasteiger partial charge on any atom is -0.497 e. The van der Waals surface area contributed by atoms with E-state index >= 15 is 0 Å². The topological polar surface area (TPSA) is 76.1 Å². The van der Waals surface area contributed by atoms with Crippen LogP contribution in [0.3, 0.4) is 0 Å². The van der Waals surface area contributed by atoms with Gasteiger partial charge in [0.2, 0.25) is 0 Å².